The molecule has 1 aromatic carbocycles. The highest BCUT2D eigenvalue weighted by Crippen LogP contribution is 2.34. The van der Waals surface area contributed by atoms with Crippen LogP contribution in [0, 0.1) is 5.92 Å². The fourth-order valence-electron chi connectivity index (χ4n) is 3.87. The van der Waals surface area contributed by atoms with Crippen molar-refractivity contribution in [3.05, 3.63) is 23.3 Å². The molecule has 0 atom stereocenters. The topological polar surface area (TPSA) is 58.8 Å². The summed E-state index contributed by atoms with van der Waals surface area (Å²) in [5.41, 5.74) is 9.51. The Morgan fingerprint density at radius 1 is 1.17 bits per heavy atom. The van der Waals surface area contributed by atoms with Crippen molar-refractivity contribution < 1.29 is 9.53 Å². The molecular formula is C19H27N3O2. The van der Waals surface area contributed by atoms with Crippen LogP contribution in [-0.4, -0.2) is 55.0 Å². The third kappa shape index (κ3) is 3.36. The number of benzene rings is 1. The van der Waals surface area contributed by atoms with Gasteiger partial charge in [0.05, 0.1) is 6.54 Å². The highest BCUT2D eigenvalue weighted by molar-refractivity contribution is 5.79. The fraction of sp³-hybridized carbons (Fsp3) is 0.632. The van der Waals surface area contributed by atoms with Crippen LogP contribution in [0.5, 0.6) is 5.75 Å². The van der Waals surface area contributed by atoms with Gasteiger partial charge in [0, 0.05) is 31.9 Å². The van der Waals surface area contributed by atoms with E-state index in [-0.39, 0.29) is 5.91 Å². The maximum atomic E-state index is 12.2. The second-order valence-corrected chi connectivity index (χ2v) is 7.37. The highest BCUT2D eigenvalue weighted by atomic mass is 16.5. The number of ether oxygens (including phenoxy) is 1. The summed E-state index contributed by atoms with van der Waals surface area (Å²) in [6, 6.07) is 3.96. The van der Waals surface area contributed by atoms with Gasteiger partial charge in [-0.1, -0.05) is 0 Å². The predicted octanol–water partition coefficient (Wildman–Crippen LogP) is 1.69. The fourth-order valence-corrected chi connectivity index (χ4v) is 3.87. The normalized spacial score (nSPS) is 21.2. The van der Waals surface area contributed by atoms with Gasteiger partial charge in [0.25, 0.3) is 0 Å². The summed E-state index contributed by atoms with van der Waals surface area (Å²) in [5.74, 6) is 2.04. The Hall–Kier alpha value is -1.75. The van der Waals surface area contributed by atoms with Crippen LogP contribution in [0.3, 0.4) is 0 Å². The zero-order valence-corrected chi connectivity index (χ0v) is 14.3. The molecule has 0 radical (unpaired) electrons. The van der Waals surface area contributed by atoms with Gasteiger partial charge in [-0.15, -0.1) is 0 Å². The average molecular weight is 329 g/mol. The second kappa shape index (κ2) is 6.63. The minimum absolute atomic E-state index is 0.279. The first kappa shape index (κ1) is 15.8. The molecule has 5 heteroatoms. The molecule has 1 amide bonds. The first-order valence-corrected chi connectivity index (χ1v) is 9.24. The van der Waals surface area contributed by atoms with Gasteiger partial charge in [0.2, 0.25) is 5.91 Å². The van der Waals surface area contributed by atoms with Crippen LogP contribution in [0.25, 0.3) is 0 Å². The van der Waals surface area contributed by atoms with E-state index in [2.05, 4.69) is 4.90 Å². The smallest absolute Gasteiger partial charge is 0.236 e. The molecule has 0 aromatic heterocycles. The maximum Gasteiger partial charge on any atom is 0.236 e. The number of hydrogen-bond acceptors (Lipinski definition) is 4. The maximum absolute atomic E-state index is 12.2. The summed E-state index contributed by atoms with van der Waals surface area (Å²) in [7, 11) is 0. The number of hydrogen-bond donors (Lipinski definition) is 1. The van der Waals surface area contributed by atoms with Crippen LogP contribution in [0.2, 0.25) is 0 Å². The van der Waals surface area contributed by atoms with Crippen molar-refractivity contribution in [1.29, 1.82) is 0 Å². The first-order valence-electron chi connectivity index (χ1n) is 9.24. The van der Waals surface area contributed by atoms with Gasteiger partial charge in [-0.3, -0.25) is 9.69 Å². The van der Waals surface area contributed by atoms with Crippen LogP contribution in [0.15, 0.2) is 12.1 Å². The Labute approximate surface area is 143 Å². The molecule has 130 valence electrons. The van der Waals surface area contributed by atoms with E-state index in [1.165, 1.54) is 24.0 Å². The van der Waals surface area contributed by atoms with Crippen molar-refractivity contribution in [2.24, 2.45) is 5.92 Å². The van der Waals surface area contributed by atoms with Crippen molar-refractivity contribution in [2.45, 2.75) is 32.1 Å². The summed E-state index contributed by atoms with van der Waals surface area (Å²) in [4.78, 5) is 16.5. The lowest BCUT2D eigenvalue weighted by atomic mass is 10.1. The zero-order valence-electron chi connectivity index (χ0n) is 14.3. The molecule has 5 nitrogen and oxygen atoms in total. The molecule has 1 aliphatic heterocycles. The molecule has 1 aromatic rings. The lowest BCUT2D eigenvalue weighted by molar-refractivity contribution is -0.136. The van der Waals surface area contributed by atoms with Gasteiger partial charge in [0.1, 0.15) is 12.4 Å². The molecule has 24 heavy (non-hydrogen) atoms. The molecule has 0 bridgehead atoms. The molecule has 1 saturated heterocycles. The molecule has 2 aliphatic carbocycles. The van der Waals surface area contributed by atoms with Crippen LogP contribution in [0.4, 0.5) is 5.69 Å². The Morgan fingerprint density at radius 3 is 2.79 bits per heavy atom. The Morgan fingerprint density at radius 2 is 2.00 bits per heavy atom. The summed E-state index contributed by atoms with van der Waals surface area (Å²) < 4.78 is 6.02. The number of fused-ring (bicyclic) bond motifs is 1. The van der Waals surface area contributed by atoms with Gasteiger partial charge >= 0.3 is 0 Å². The van der Waals surface area contributed by atoms with Gasteiger partial charge in [-0.2, -0.15) is 0 Å². The minimum Gasteiger partial charge on any atom is -0.492 e. The van der Waals surface area contributed by atoms with E-state index in [1.807, 2.05) is 17.0 Å². The largest absolute Gasteiger partial charge is 0.492 e. The van der Waals surface area contributed by atoms with E-state index in [0.717, 1.165) is 62.8 Å². The Bertz CT molecular complexity index is 627. The molecule has 2 fully saturated rings. The zero-order chi connectivity index (χ0) is 16.5. The molecule has 0 unspecified atom stereocenters. The van der Waals surface area contributed by atoms with Gasteiger partial charge in [0.15, 0.2) is 0 Å². The summed E-state index contributed by atoms with van der Waals surface area (Å²) in [6.45, 7) is 4.78. The van der Waals surface area contributed by atoms with Gasteiger partial charge in [-0.05, 0) is 61.3 Å². The van der Waals surface area contributed by atoms with E-state index in [1.54, 1.807) is 0 Å². The van der Waals surface area contributed by atoms with Crippen LogP contribution < -0.4 is 10.5 Å². The lowest BCUT2D eigenvalue weighted by Gasteiger charge is -2.34. The minimum atomic E-state index is 0.279. The summed E-state index contributed by atoms with van der Waals surface area (Å²) >= 11 is 0. The molecule has 0 spiro atoms. The highest BCUT2D eigenvalue weighted by Gasteiger charge is 2.30. The number of nitrogens with two attached hydrogens (primary N) is 1. The third-order valence-electron chi connectivity index (χ3n) is 5.52. The van der Waals surface area contributed by atoms with Gasteiger partial charge < -0.3 is 15.4 Å². The van der Waals surface area contributed by atoms with E-state index < -0.39 is 0 Å². The van der Waals surface area contributed by atoms with E-state index in [4.69, 9.17) is 10.5 Å². The van der Waals surface area contributed by atoms with E-state index in [0.29, 0.717) is 13.2 Å². The molecule has 2 N–H and O–H groups in total. The third-order valence-corrected chi connectivity index (χ3v) is 5.52. The number of nitrogens with zero attached hydrogens (tertiary/aromatic N) is 2. The van der Waals surface area contributed by atoms with Crippen molar-refractivity contribution in [1.82, 2.24) is 9.80 Å². The number of rotatable bonds is 6. The average Bonchev–Trinajstić information content (AvgIpc) is 3.24. The molecule has 3 aliphatic rings. The van der Waals surface area contributed by atoms with Crippen molar-refractivity contribution >= 4 is 11.6 Å². The SMILES string of the molecule is Nc1ccc(OCCN2CCN(CC3CC3)C(=O)C2)c2c1CCC2. The summed E-state index contributed by atoms with van der Waals surface area (Å²) in [5, 5.41) is 0. The molecule has 4 rings (SSSR count). The van der Waals surface area contributed by atoms with E-state index >= 15 is 0 Å². The quantitative estimate of drug-likeness (QED) is 0.807. The summed E-state index contributed by atoms with van der Waals surface area (Å²) in [6.07, 6.45) is 5.89. The molecule has 1 heterocycles. The van der Waals surface area contributed by atoms with E-state index in [9.17, 15) is 4.79 Å². The van der Waals surface area contributed by atoms with Crippen LogP contribution in [0.1, 0.15) is 30.4 Å². The number of amides is 1. The number of anilines is 1. The Kier molecular flexibility index (Phi) is 4.35. The number of carbonyl (C=O) groups is 1. The molecular weight excluding hydrogens is 302 g/mol. The standard InChI is InChI=1S/C19H27N3O2/c20-17-6-7-18(16-3-1-2-15(16)17)24-11-10-21-8-9-22(19(23)13-21)12-14-4-5-14/h6-7,14H,1-5,8-13,20H2. The van der Waals surface area contributed by atoms with Crippen LogP contribution >= 0.6 is 0 Å². The second-order valence-electron chi connectivity index (χ2n) is 7.37. The first-order chi connectivity index (χ1) is 11.7. The van der Waals surface area contributed by atoms with Gasteiger partial charge in [-0.25, -0.2) is 0 Å². The number of piperazine rings is 1. The molecule has 1 saturated carbocycles. The van der Waals surface area contributed by atoms with Crippen LogP contribution in [-0.2, 0) is 17.6 Å². The predicted molar refractivity (Wildman–Crippen MR) is 94.1 cm³/mol. The Balaban J connectivity index is 1.26. The number of carbonyl (C=O) groups excluding carboxylic acids is 1. The van der Waals surface area contributed by atoms with Crippen molar-refractivity contribution in [3.63, 3.8) is 0 Å². The van der Waals surface area contributed by atoms with Crippen molar-refractivity contribution in [3.8, 4) is 5.75 Å². The number of nitrogen functional groups attached to an aromatic ring is 1. The van der Waals surface area contributed by atoms with Crippen molar-refractivity contribution in [2.75, 3.05) is 45.1 Å². The lowest BCUT2D eigenvalue weighted by Crippen LogP contribution is -2.51. The monoisotopic (exact) mass is 329 g/mol.